The molecule has 2 atom stereocenters. The largest absolute Gasteiger partial charge is 0.394 e. The average Bonchev–Trinajstić information content (AvgIpc) is 3.26. The fraction of sp³-hybridized carbons (Fsp3) is 0.842. The highest BCUT2D eigenvalue weighted by molar-refractivity contribution is 5.76. The van der Waals surface area contributed by atoms with E-state index >= 15 is 0 Å². The van der Waals surface area contributed by atoms with Crippen LogP contribution in [0.25, 0.3) is 0 Å². The van der Waals surface area contributed by atoms with Gasteiger partial charge in [0.25, 0.3) is 0 Å². The molecule has 0 rings (SSSR count). The number of allylic oxidation sites excluding steroid dienone is 7. The highest BCUT2D eigenvalue weighted by atomic mass is 16.3. The molecule has 4 nitrogen and oxygen atoms in total. The summed E-state index contributed by atoms with van der Waals surface area (Å²) in [6.45, 7) is 4.19. The molecule has 358 valence electrons. The lowest BCUT2D eigenvalue weighted by molar-refractivity contribution is -0.123. The van der Waals surface area contributed by atoms with E-state index in [1.54, 1.807) is 6.08 Å². The molecular formula is C57H107NO3. The quantitative estimate of drug-likeness (QED) is 0.0422. The van der Waals surface area contributed by atoms with E-state index in [4.69, 9.17) is 0 Å². The summed E-state index contributed by atoms with van der Waals surface area (Å²) in [5.74, 6) is -0.0780. The van der Waals surface area contributed by atoms with E-state index in [1.165, 1.54) is 225 Å². The number of nitrogens with one attached hydrogen (secondary N) is 1. The molecule has 0 radical (unpaired) electrons. The summed E-state index contributed by atoms with van der Waals surface area (Å²) in [5, 5.41) is 22.9. The minimum absolute atomic E-state index is 0.0780. The zero-order valence-electron chi connectivity index (χ0n) is 41.2. The van der Waals surface area contributed by atoms with Gasteiger partial charge in [-0.05, 0) is 64.2 Å². The van der Waals surface area contributed by atoms with Crippen molar-refractivity contribution in [3.05, 3.63) is 48.6 Å². The highest BCUT2D eigenvalue weighted by Crippen LogP contribution is 2.17. The Morgan fingerprint density at radius 2 is 0.689 bits per heavy atom. The first-order valence-electron chi connectivity index (χ1n) is 27.4. The van der Waals surface area contributed by atoms with E-state index in [0.29, 0.717) is 6.42 Å². The lowest BCUT2D eigenvalue weighted by atomic mass is 10.0. The number of aliphatic hydroxyl groups is 2. The first-order chi connectivity index (χ1) is 30.2. The van der Waals surface area contributed by atoms with E-state index in [-0.39, 0.29) is 12.5 Å². The van der Waals surface area contributed by atoms with Crippen molar-refractivity contribution in [2.24, 2.45) is 0 Å². The monoisotopic (exact) mass is 854 g/mol. The van der Waals surface area contributed by atoms with Gasteiger partial charge in [0.15, 0.2) is 0 Å². The molecular weight excluding hydrogens is 747 g/mol. The van der Waals surface area contributed by atoms with Crippen molar-refractivity contribution in [1.29, 1.82) is 0 Å². The van der Waals surface area contributed by atoms with Crippen LogP contribution in [-0.2, 0) is 4.79 Å². The molecule has 0 saturated heterocycles. The Labute approximate surface area is 382 Å². The topological polar surface area (TPSA) is 69.6 Å². The summed E-state index contributed by atoms with van der Waals surface area (Å²) in [6, 6.07) is -0.643. The normalized spacial score (nSPS) is 13.2. The van der Waals surface area contributed by atoms with Crippen LogP contribution >= 0.6 is 0 Å². The summed E-state index contributed by atoms with van der Waals surface area (Å²) >= 11 is 0. The van der Waals surface area contributed by atoms with Gasteiger partial charge in [0.1, 0.15) is 0 Å². The van der Waals surface area contributed by atoms with E-state index in [1.807, 2.05) is 6.08 Å². The van der Waals surface area contributed by atoms with Crippen LogP contribution in [0.15, 0.2) is 48.6 Å². The second kappa shape index (κ2) is 52.7. The zero-order chi connectivity index (χ0) is 44.2. The van der Waals surface area contributed by atoms with Crippen molar-refractivity contribution in [3.8, 4) is 0 Å². The number of hydrogen-bond acceptors (Lipinski definition) is 3. The number of aliphatic hydroxyl groups excluding tert-OH is 2. The van der Waals surface area contributed by atoms with Gasteiger partial charge in [0, 0.05) is 6.42 Å². The Kier molecular flexibility index (Phi) is 51.3. The Bertz CT molecular complexity index is 970. The minimum Gasteiger partial charge on any atom is -0.394 e. The van der Waals surface area contributed by atoms with E-state index in [2.05, 4.69) is 55.6 Å². The third kappa shape index (κ3) is 49.2. The fourth-order valence-corrected chi connectivity index (χ4v) is 8.39. The van der Waals surface area contributed by atoms with E-state index in [0.717, 1.165) is 44.9 Å². The van der Waals surface area contributed by atoms with E-state index < -0.39 is 12.1 Å². The molecule has 0 aromatic rings. The van der Waals surface area contributed by atoms with Crippen LogP contribution in [0.2, 0.25) is 0 Å². The fourth-order valence-electron chi connectivity index (χ4n) is 8.39. The van der Waals surface area contributed by atoms with Gasteiger partial charge in [0.2, 0.25) is 5.91 Å². The molecule has 0 spiro atoms. The maximum atomic E-state index is 12.4. The lowest BCUT2D eigenvalue weighted by Crippen LogP contribution is -2.45. The molecule has 3 N–H and O–H groups in total. The second-order valence-electron chi connectivity index (χ2n) is 18.6. The number of amides is 1. The predicted molar refractivity (Wildman–Crippen MR) is 271 cm³/mol. The first-order valence-corrected chi connectivity index (χ1v) is 27.4. The summed E-state index contributed by atoms with van der Waals surface area (Å²) in [5.41, 5.74) is 0. The molecule has 0 saturated carbocycles. The molecule has 0 bridgehead atoms. The van der Waals surface area contributed by atoms with Gasteiger partial charge in [-0.15, -0.1) is 0 Å². The summed E-state index contributed by atoms with van der Waals surface area (Å²) < 4.78 is 0. The molecule has 0 fully saturated rings. The third-order valence-electron chi connectivity index (χ3n) is 12.5. The van der Waals surface area contributed by atoms with Crippen LogP contribution in [0.5, 0.6) is 0 Å². The Morgan fingerprint density at radius 3 is 1.03 bits per heavy atom. The minimum atomic E-state index is -0.868. The smallest absolute Gasteiger partial charge is 0.220 e. The molecule has 61 heavy (non-hydrogen) atoms. The molecule has 2 unspecified atom stereocenters. The first kappa shape index (κ1) is 59.4. The van der Waals surface area contributed by atoms with Gasteiger partial charge in [-0.2, -0.15) is 0 Å². The van der Waals surface area contributed by atoms with Crippen molar-refractivity contribution in [3.63, 3.8) is 0 Å². The molecule has 1 amide bonds. The third-order valence-corrected chi connectivity index (χ3v) is 12.5. The van der Waals surface area contributed by atoms with Crippen molar-refractivity contribution in [1.82, 2.24) is 5.32 Å². The number of rotatable bonds is 50. The maximum absolute atomic E-state index is 12.4. The molecule has 0 aliphatic heterocycles. The van der Waals surface area contributed by atoms with Gasteiger partial charge in [-0.3, -0.25) is 4.79 Å². The van der Waals surface area contributed by atoms with Gasteiger partial charge in [-0.1, -0.05) is 268 Å². The SMILES string of the molecule is CC/C=C/CC/C=C/CC/C=C/C(O)C(CO)NC(=O)CCCCCCCCCCCCCCCCCCC/C=C\CCCCCCCCCCCCCCCCCCCC. The van der Waals surface area contributed by atoms with Gasteiger partial charge in [-0.25, -0.2) is 0 Å². The highest BCUT2D eigenvalue weighted by Gasteiger charge is 2.18. The lowest BCUT2D eigenvalue weighted by Gasteiger charge is -2.19. The van der Waals surface area contributed by atoms with Crippen LogP contribution in [-0.4, -0.2) is 34.9 Å². The van der Waals surface area contributed by atoms with Gasteiger partial charge >= 0.3 is 0 Å². The summed E-state index contributed by atoms with van der Waals surface area (Å²) in [7, 11) is 0. The average molecular weight is 854 g/mol. The van der Waals surface area contributed by atoms with Crippen molar-refractivity contribution in [2.75, 3.05) is 6.61 Å². The zero-order valence-corrected chi connectivity index (χ0v) is 41.2. The second-order valence-corrected chi connectivity index (χ2v) is 18.6. The van der Waals surface area contributed by atoms with Gasteiger partial charge in [0.05, 0.1) is 18.8 Å². The molecule has 4 heteroatoms. The van der Waals surface area contributed by atoms with E-state index in [9.17, 15) is 15.0 Å². The van der Waals surface area contributed by atoms with Crippen LogP contribution in [0.3, 0.4) is 0 Å². The number of unbranched alkanes of at least 4 members (excludes halogenated alkanes) is 37. The summed E-state index contributed by atoms with van der Waals surface area (Å²) in [6.07, 6.45) is 73.1. The number of carbonyl (C=O) groups is 1. The Hall–Kier alpha value is -1.65. The number of carbonyl (C=O) groups excluding carboxylic acids is 1. The van der Waals surface area contributed by atoms with Gasteiger partial charge < -0.3 is 15.5 Å². The molecule has 0 aromatic carbocycles. The molecule has 0 aliphatic carbocycles. The van der Waals surface area contributed by atoms with Crippen molar-refractivity contribution >= 4 is 5.91 Å². The van der Waals surface area contributed by atoms with Crippen LogP contribution in [0.4, 0.5) is 0 Å². The Morgan fingerprint density at radius 1 is 0.393 bits per heavy atom. The van der Waals surface area contributed by atoms with Crippen molar-refractivity contribution in [2.45, 2.75) is 302 Å². The van der Waals surface area contributed by atoms with Crippen LogP contribution < -0.4 is 5.32 Å². The molecule has 0 heterocycles. The van der Waals surface area contributed by atoms with Crippen molar-refractivity contribution < 1.29 is 15.0 Å². The number of hydrogen-bond donors (Lipinski definition) is 3. The van der Waals surface area contributed by atoms with Crippen LogP contribution in [0.1, 0.15) is 290 Å². The predicted octanol–water partition coefficient (Wildman–Crippen LogP) is 17.9. The maximum Gasteiger partial charge on any atom is 0.220 e. The Balaban J connectivity index is 3.37. The molecule has 0 aliphatic rings. The van der Waals surface area contributed by atoms with Crippen LogP contribution in [0, 0.1) is 0 Å². The standard InChI is InChI=1S/C57H107NO3/c1-3-5-7-9-11-13-15-16-17-18-19-20-21-22-23-24-25-26-27-28-29-30-31-32-33-34-35-36-37-38-39-40-41-42-43-45-47-49-51-53-57(61)58-55(54-59)56(60)52-50-48-46-44-14-12-10-8-6-4-2/h6,8,14,28-29,44,50,52,55-56,59-60H,3-5,7,9-13,15-27,30-43,45-49,51,53-54H2,1-2H3,(H,58,61)/b8-6+,29-28-,44-14+,52-50+. The summed E-state index contributed by atoms with van der Waals surface area (Å²) in [4.78, 5) is 12.4. The molecule has 0 aromatic heterocycles.